The van der Waals surface area contributed by atoms with Crippen molar-refractivity contribution in [3.63, 3.8) is 0 Å². The van der Waals surface area contributed by atoms with Crippen molar-refractivity contribution in [3.8, 4) is 11.5 Å². The second kappa shape index (κ2) is 7.21. The topological polar surface area (TPSA) is 59.0 Å². The van der Waals surface area contributed by atoms with E-state index in [0.717, 1.165) is 32.4 Å². The summed E-state index contributed by atoms with van der Waals surface area (Å²) in [6.45, 7) is 5.72. The highest BCUT2D eigenvalue weighted by Crippen LogP contribution is 2.40. The van der Waals surface area contributed by atoms with E-state index in [0.29, 0.717) is 17.4 Å². The first-order valence-corrected chi connectivity index (χ1v) is 8.59. The van der Waals surface area contributed by atoms with E-state index >= 15 is 0 Å². The maximum Gasteiger partial charge on any atom is 0.339 e. The Labute approximate surface area is 137 Å². The van der Waals surface area contributed by atoms with E-state index in [-0.39, 0.29) is 11.9 Å². The fourth-order valence-corrected chi connectivity index (χ4v) is 3.39. The zero-order chi connectivity index (χ0) is 16.2. The molecule has 1 fully saturated rings. The Hall–Kier alpha value is -1.75. The van der Waals surface area contributed by atoms with E-state index in [2.05, 4.69) is 11.8 Å². The number of carboxylic acid groups (broad SMARTS) is 1. The fraction of sp³-hybridized carbons (Fsp3) is 0.611. The van der Waals surface area contributed by atoms with Gasteiger partial charge >= 0.3 is 5.97 Å². The average molecular weight is 319 g/mol. The van der Waals surface area contributed by atoms with Crippen molar-refractivity contribution in [1.82, 2.24) is 4.90 Å². The minimum Gasteiger partial charge on any atom is -0.478 e. The Morgan fingerprint density at radius 1 is 1.30 bits per heavy atom. The van der Waals surface area contributed by atoms with Crippen molar-refractivity contribution in [3.05, 3.63) is 23.8 Å². The highest BCUT2D eigenvalue weighted by atomic mass is 16.7. The number of carbonyl (C=O) groups is 1. The number of hydrogen-bond acceptors (Lipinski definition) is 4. The van der Waals surface area contributed by atoms with Gasteiger partial charge < -0.3 is 19.5 Å². The molecule has 3 rings (SSSR count). The zero-order valence-corrected chi connectivity index (χ0v) is 13.7. The second-order valence-corrected chi connectivity index (χ2v) is 6.48. The lowest BCUT2D eigenvalue weighted by Gasteiger charge is -2.32. The predicted octanol–water partition coefficient (Wildman–Crippen LogP) is 3.38. The molecule has 0 bridgehead atoms. The summed E-state index contributed by atoms with van der Waals surface area (Å²) in [7, 11) is 0. The van der Waals surface area contributed by atoms with Crippen LogP contribution in [0.15, 0.2) is 18.2 Å². The van der Waals surface area contributed by atoms with Crippen LogP contribution in [-0.4, -0.2) is 41.9 Å². The lowest BCUT2D eigenvalue weighted by atomic mass is 9.93. The molecule has 2 aliphatic heterocycles. The molecule has 0 spiro atoms. The monoisotopic (exact) mass is 319 g/mol. The van der Waals surface area contributed by atoms with E-state index in [1.54, 1.807) is 18.2 Å². The minimum absolute atomic E-state index is 0.180. The largest absolute Gasteiger partial charge is 0.478 e. The van der Waals surface area contributed by atoms with Gasteiger partial charge in [0, 0.05) is 6.42 Å². The smallest absolute Gasteiger partial charge is 0.339 e. The molecule has 126 valence electrons. The SMILES string of the molecule is CCCCN1CCC(CC2Oc3cccc(C(=O)O)c3O2)CC1. The van der Waals surface area contributed by atoms with Gasteiger partial charge in [-0.25, -0.2) is 4.79 Å². The van der Waals surface area contributed by atoms with Crippen molar-refractivity contribution in [1.29, 1.82) is 0 Å². The second-order valence-electron chi connectivity index (χ2n) is 6.48. The number of ether oxygens (including phenoxy) is 2. The summed E-state index contributed by atoms with van der Waals surface area (Å²) in [5.41, 5.74) is 0.180. The molecule has 2 heterocycles. The molecule has 1 N–H and O–H groups in total. The lowest BCUT2D eigenvalue weighted by Crippen LogP contribution is -2.36. The number of aromatic carboxylic acids is 1. The molecule has 1 unspecified atom stereocenters. The van der Waals surface area contributed by atoms with Crippen molar-refractivity contribution in [2.45, 2.75) is 45.3 Å². The maximum atomic E-state index is 11.2. The van der Waals surface area contributed by atoms with Crippen molar-refractivity contribution in [2.24, 2.45) is 5.92 Å². The first-order valence-electron chi connectivity index (χ1n) is 8.59. The Morgan fingerprint density at radius 3 is 2.78 bits per heavy atom. The van der Waals surface area contributed by atoms with Crippen LogP contribution in [0.3, 0.4) is 0 Å². The number of benzene rings is 1. The zero-order valence-electron chi connectivity index (χ0n) is 13.7. The summed E-state index contributed by atoms with van der Waals surface area (Å²) in [5.74, 6) is 0.538. The van der Waals surface area contributed by atoms with Gasteiger partial charge in [-0.15, -0.1) is 0 Å². The number of likely N-dealkylation sites (tertiary alicyclic amines) is 1. The van der Waals surface area contributed by atoms with Crippen molar-refractivity contribution < 1.29 is 19.4 Å². The number of fused-ring (bicyclic) bond motifs is 1. The molecule has 0 aromatic heterocycles. The maximum absolute atomic E-state index is 11.2. The lowest BCUT2D eigenvalue weighted by molar-refractivity contribution is 0.0157. The van der Waals surface area contributed by atoms with E-state index in [1.165, 1.54) is 19.4 Å². The molecule has 0 aliphatic carbocycles. The third-order valence-electron chi connectivity index (χ3n) is 4.78. The first kappa shape index (κ1) is 16.1. The van der Waals surface area contributed by atoms with Gasteiger partial charge in [-0.1, -0.05) is 19.4 Å². The normalized spacial score (nSPS) is 21.5. The number of hydrogen-bond donors (Lipinski definition) is 1. The van der Waals surface area contributed by atoms with E-state index in [4.69, 9.17) is 9.47 Å². The van der Waals surface area contributed by atoms with Crippen LogP contribution in [0.25, 0.3) is 0 Å². The Kier molecular flexibility index (Phi) is 5.06. The van der Waals surface area contributed by atoms with Gasteiger partial charge in [-0.2, -0.15) is 0 Å². The van der Waals surface area contributed by atoms with E-state index in [9.17, 15) is 9.90 Å². The van der Waals surface area contributed by atoms with Gasteiger partial charge in [-0.05, 0) is 56.9 Å². The number of para-hydroxylation sites is 1. The Balaban J connectivity index is 1.52. The molecule has 1 saturated heterocycles. The van der Waals surface area contributed by atoms with Crippen LogP contribution >= 0.6 is 0 Å². The number of rotatable bonds is 6. The molecular weight excluding hydrogens is 294 g/mol. The van der Waals surface area contributed by atoms with Crippen molar-refractivity contribution >= 4 is 5.97 Å². The summed E-state index contributed by atoms with van der Waals surface area (Å²) in [5, 5.41) is 9.22. The molecule has 1 atom stereocenters. The third kappa shape index (κ3) is 3.78. The molecular formula is C18H25NO4. The highest BCUT2D eigenvalue weighted by Gasteiger charge is 2.31. The molecule has 0 amide bonds. The van der Waals surface area contributed by atoms with Crippen LogP contribution < -0.4 is 9.47 Å². The van der Waals surface area contributed by atoms with Gasteiger partial charge in [0.1, 0.15) is 5.56 Å². The average Bonchev–Trinajstić information content (AvgIpc) is 2.96. The molecule has 1 aromatic carbocycles. The molecule has 0 saturated carbocycles. The number of carboxylic acids is 1. The summed E-state index contributed by atoms with van der Waals surface area (Å²) >= 11 is 0. The first-order chi connectivity index (χ1) is 11.2. The quantitative estimate of drug-likeness (QED) is 0.871. The molecule has 5 heteroatoms. The molecule has 5 nitrogen and oxygen atoms in total. The van der Waals surface area contributed by atoms with Crippen LogP contribution in [0.2, 0.25) is 0 Å². The molecule has 1 aromatic rings. The predicted molar refractivity (Wildman–Crippen MR) is 87.1 cm³/mol. The highest BCUT2D eigenvalue weighted by molar-refractivity contribution is 5.92. The van der Waals surface area contributed by atoms with Crippen molar-refractivity contribution in [2.75, 3.05) is 19.6 Å². The summed E-state index contributed by atoms with van der Waals surface area (Å²) < 4.78 is 11.6. The van der Waals surface area contributed by atoms with Gasteiger partial charge in [0.05, 0.1) is 0 Å². The van der Waals surface area contributed by atoms with Crippen LogP contribution in [0.1, 0.15) is 49.4 Å². The van der Waals surface area contributed by atoms with Crippen LogP contribution in [0.4, 0.5) is 0 Å². The van der Waals surface area contributed by atoms with Crippen LogP contribution in [-0.2, 0) is 0 Å². The molecule has 0 radical (unpaired) electrons. The van der Waals surface area contributed by atoms with Crippen LogP contribution in [0, 0.1) is 5.92 Å². The summed E-state index contributed by atoms with van der Waals surface area (Å²) in [6, 6.07) is 5.02. The fourth-order valence-electron chi connectivity index (χ4n) is 3.39. The van der Waals surface area contributed by atoms with E-state index < -0.39 is 5.97 Å². The molecule has 2 aliphatic rings. The van der Waals surface area contributed by atoms with Gasteiger partial charge in [0.25, 0.3) is 0 Å². The van der Waals surface area contributed by atoms with Gasteiger partial charge in [-0.3, -0.25) is 0 Å². The Bertz CT molecular complexity index is 552. The summed E-state index contributed by atoms with van der Waals surface area (Å²) in [6.07, 6.45) is 5.32. The third-order valence-corrected chi connectivity index (χ3v) is 4.78. The number of piperidine rings is 1. The van der Waals surface area contributed by atoms with E-state index in [1.807, 2.05) is 0 Å². The standard InChI is InChI=1S/C18H25NO4/c1-2-3-9-19-10-7-13(8-11-19)12-16-22-15-6-4-5-14(18(20)21)17(15)23-16/h4-6,13,16H,2-3,7-12H2,1H3,(H,20,21). The number of unbranched alkanes of at least 4 members (excludes halogenated alkanes) is 1. The minimum atomic E-state index is -0.977. The Morgan fingerprint density at radius 2 is 2.09 bits per heavy atom. The van der Waals surface area contributed by atoms with Gasteiger partial charge in [0.15, 0.2) is 11.5 Å². The van der Waals surface area contributed by atoms with Crippen LogP contribution in [0.5, 0.6) is 11.5 Å². The number of nitrogens with zero attached hydrogens (tertiary/aromatic N) is 1. The van der Waals surface area contributed by atoms with Gasteiger partial charge in [0.2, 0.25) is 6.29 Å². The summed E-state index contributed by atoms with van der Waals surface area (Å²) in [4.78, 5) is 13.8. The molecule has 23 heavy (non-hydrogen) atoms.